The summed E-state index contributed by atoms with van der Waals surface area (Å²) in [5.74, 6) is 5.75. The molecule has 1 unspecified atom stereocenters. The third-order valence-electron chi connectivity index (χ3n) is 3.42. The average molecular weight is 295 g/mol. The second-order valence-corrected chi connectivity index (χ2v) is 5.54. The molecule has 2 nitrogen and oxygen atoms in total. The summed E-state index contributed by atoms with van der Waals surface area (Å²) in [6.07, 6.45) is 7.26. The van der Waals surface area contributed by atoms with Gasteiger partial charge in [0.2, 0.25) is 0 Å². The number of hydrogen-bond donors (Lipinski definition) is 2. The molecule has 1 aliphatic rings. The van der Waals surface area contributed by atoms with Gasteiger partial charge < -0.3 is 0 Å². The fraction of sp³-hybridized carbons (Fsp3) is 0.429. The Morgan fingerprint density at radius 1 is 1.35 bits per heavy atom. The number of benzene rings is 1. The van der Waals surface area contributed by atoms with Crippen LogP contribution in [0.2, 0.25) is 0 Å². The molecule has 17 heavy (non-hydrogen) atoms. The number of rotatable bonds is 3. The molecule has 0 aliphatic heterocycles. The fourth-order valence-corrected chi connectivity index (χ4v) is 2.82. The number of aryl methyl sites for hydroxylation is 1. The van der Waals surface area contributed by atoms with E-state index in [9.17, 15) is 0 Å². The van der Waals surface area contributed by atoms with Crippen LogP contribution in [0.4, 0.5) is 0 Å². The fourth-order valence-electron chi connectivity index (χ4n) is 2.44. The van der Waals surface area contributed by atoms with Crippen molar-refractivity contribution in [2.24, 2.45) is 5.84 Å². The average Bonchev–Trinajstić information content (AvgIpc) is 2.36. The molecule has 0 aromatic heterocycles. The molecule has 0 amide bonds. The number of halogens is 1. The monoisotopic (exact) mass is 294 g/mol. The van der Waals surface area contributed by atoms with E-state index < -0.39 is 0 Å². The van der Waals surface area contributed by atoms with Gasteiger partial charge >= 0.3 is 0 Å². The van der Waals surface area contributed by atoms with Gasteiger partial charge in [0.05, 0.1) is 6.04 Å². The minimum absolute atomic E-state index is 0.160. The van der Waals surface area contributed by atoms with Gasteiger partial charge in [-0.05, 0) is 55.9 Å². The first-order valence-electron chi connectivity index (χ1n) is 6.13. The molecule has 3 heteroatoms. The molecule has 3 N–H and O–H groups in total. The zero-order chi connectivity index (χ0) is 12.3. The first kappa shape index (κ1) is 12.8. The lowest BCUT2D eigenvalue weighted by Crippen LogP contribution is -2.30. The highest BCUT2D eigenvalue weighted by atomic mass is 79.9. The Morgan fingerprint density at radius 3 is 2.82 bits per heavy atom. The molecular formula is C14H19BrN2. The molecule has 1 aromatic carbocycles. The number of nitrogens with one attached hydrogen (secondary N) is 1. The second kappa shape index (κ2) is 5.80. The predicted octanol–water partition coefficient (Wildman–Crippen LogP) is 3.76. The van der Waals surface area contributed by atoms with Crippen LogP contribution in [0.15, 0.2) is 34.3 Å². The summed E-state index contributed by atoms with van der Waals surface area (Å²) in [5, 5.41) is 0. The van der Waals surface area contributed by atoms with E-state index in [0.29, 0.717) is 0 Å². The van der Waals surface area contributed by atoms with Gasteiger partial charge in [-0.3, -0.25) is 5.84 Å². The molecule has 1 aliphatic carbocycles. The zero-order valence-electron chi connectivity index (χ0n) is 10.2. The summed E-state index contributed by atoms with van der Waals surface area (Å²) in [5.41, 5.74) is 6.95. The van der Waals surface area contributed by atoms with E-state index in [1.165, 1.54) is 36.0 Å². The Kier molecular flexibility index (Phi) is 4.37. The van der Waals surface area contributed by atoms with Crippen LogP contribution in [-0.4, -0.2) is 0 Å². The summed E-state index contributed by atoms with van der Waals surface area (Å²) < 4.78 is 1.11. The summed E-state index contributed by atoms with van der Waals surface area (Å²) in [6.45, 7) is 2.13. The van der Waals surface area contributed by atoms with Crippen molar-refractivity contribution in [3.05, 3.63) is 45.4 Å². The van der Waals surface area contributed by atoms with E-state index in [-0.39, 0.29) is 6.04 Å². The van der Waals surface area contributed by atoms with Crippen LogP contribution in [0.5, 0.6) is 0 Å². The topological polar surface area (TPSA) is 38.0 Å². The highest BCUT2D eigenvalue weighted by Gasteiger charge is 2.18. The lowest BCUT2D eigenvalue weighted by Gasteiger charge is -2.24. The first-order valence-corrected chi connectivity index (χ1v) is 6.93. The van der Waals surface area contributed by atoms with Crippen molar-refractivity contribution < 1.29 is 0 Å². The molecule has 0 fully saturated rings. The Bertz CT molecular complexity index is 426. The molecule has 0 saturated heterocycles. The van der Waals surface area contributed by atoms with Crippen LogP contribution in [0.1, 0.15) is 42.9 Å². The standard InChI is InChI=1S/C14H19BrN2/c1-10-7-8-12(15)9-13(10)14(17-16)11-5-3-2-4-6-11/h5,7-9,14,17H,2-4,6,16H2,1H3. The second-order valence-electron chi connectivity index (χ2n) is 4.63. The van der Waals surface area contributed by atoms with Gasteiger partial charge in [0.25, 0.3) is 0 Å². The van der Waals surface area contributed by atoms with Gasteiger partial charge in [-0.1, -0.05) is 33.6 Å². The Balaban J connectivity index is 2.34. The normalized spacial score (nSPS) is 17.7. The van der Waals surface area contributed by atoms with Gasteiger partial charge in [0, 0.05) is 4.47 Å². The van der Waals surface area contributed by atoms with E-state index in [2.05, 4.69) is 52.6 Å². The maximum Gasteiger partial charge on any atom is 0.0673 e. The van der Waals surface area contributed by atoms with Crippen molar-refractivity contribution in [3.63, 3.8) is 0 Å². The van der Waals surface area contributed by atoms with E-state index in [1.807, 2.05) is 0 Å². The smallest absolute Gasteiger partial charge is 0.0673 e. The maximum atomic E-state index is 5.75. The molecule has 0 heterocycles. The van der Waals surface area contributed by atoms with Crippen LogP contribution in [0, 0.1) is 6.92 Å². The predicted molar refractivity (Wildman–Crippen MR) is 75.5 cm³/mol. The molecule has 0 bridgehead atoms. The molecule has 2 rings (SSSR count). The molecular weight excluding hydrogens is 276 g/mol. The van der Waals surface area contributed by atoms with Crippen molar-refractivity contribution in [2.75, 3.05) is 0 Å². The molecule has 1 aromatic rings. The van der Waals surface area contributed by atoms with E-state index in [4.69, 9.17) is 5.84 Å². The number of allylic oxidation sites excluding steroid dienone is 1. The Labute approximate surface area is 111 Å². The number of hydrogen-bond acceptors (Lipinski definition) is 2. The zero-order valence-corrected chi connectivity index (χ0v) is 11.8. The Morgan fingerprint density at radius 2 is 2.18 bits per heavy atom. The molecule has 0 spiro atoms. The highest BCUT2D eigenvalue weighted by molar-refractivity contribution is 9.10. The molecule has 0 saturated carbocycles. The minimum atomic E-state index is 0.160. The molecule has 1 atom stereocenters. The number of nitrogens with two attached hydrogens (primary N) is 1. The van der Waals surface area contributed by atoms with Crippen molar-refractivity contribution >= 4 is 15.9 Å². The third kappa shape index (κ3) is 2.97. The molecule has 0 radical (unpaired) electrons. The largest absolute Gasteiger partial charge is 0.271 e. The van der Waals surface area contributed by atoms with Crippen LogP contribution < -0.4 is 11.3 Å². The van der Waals surface area contributed by atoms with Gasteiger partial charge in [0.1, 0.15) is 0 Å². The number of hydrazine groups is 1. The first-order chi connectivity index (χ1) is 8.22. The van der Waals surface area contributed by atoms with Crippen LogP contribution in [0.3, 0.4) is 0 Å². The quantitative estimate of drug-likeness (QED) is 0.506. The van der Waals surface area contributed by atoms with Crippen LogP contribution in [-0.2, 0) is 0 Å². The lowest BCUT2D eigenvalue weighted by molar-refractivity contribution is 0.564. The minimum Gasteiger partial charge on any atom is -0.271 e. The van der Waals surface area contributed by atoms with Gasteiger partial charge in [-0.2, -0.15) is 0 Å². The highest BCUT2D eigenvalue weighted by Crippen LogP contribution is 2.32. The van der Waals surface area contributed by atoms with E-state index in [1.54, 1.807) is 0 Å². The third-order valence-corrected chi connectivity index (χ3v) is 3.91. The summed E-state index contributed by atoms with van der Waals surface area (Å²) >= 11 is 3.53. The van der Waals surface area contributed by atoms with E-state index >= 15 is 0 Å². The van der Waals surface area contributed by atoms with Crippen molar-refractivity contribution in [1.82, 2.24) is 5.43 Å². The Hall–Kier alpha value is -0.640. The van der Waals surface area contributed by atoms with Crippen LogP contribution >= 0.6 is 15.9 Å². The maximum absolute atomic E-state index is 5.75. The lowest BCUT2D eigenvalue weighted by atomic mass is 9.88. The van der Waals surface area contributed by atoms with E-state index in [0.717, 1.165) is 10.9 Å². The van der Waals surface area contributed by atoms with Crippen LogP contribution in [0.25, 0.3) is 0 Å². The molecule has 92 valence electrons. The summed E-state index contributed by atoms with van der Waals surface area (Å²) in [7, 11) is 0. The SMILES string of the molecule is Cc1ccc(Br)cc1C(NN)C1=CCCCC1. The van der Waals surface area contributed by atoms with Crippen molar-refractivity contribution in [3.8, 4) is 0 Å². The van der Waals surface area contributed by atoms with Gasteiger partial charge in [-0.25, -0.2) is 5.43 Å². The van der Waals surface area contributed by atoms with Crippen molar-refractivity contribution in [1.29, 1.82) is 0 Å². The van der Waals surface area contributed by atoms with Gasteiger partial charge in [-0.15, -0.1) is 0 Å². The van der Waals surface area contributed by atoms with Gasteiger partial charge in [0.15, 0.2) is 0 Å². The van der Waals surface area contributed by atoms with Crippen molar-refractivity contribution in [2.45, 2.75) is 38.6 Å². The summed E-state index contributed by atoms with van der Waals surface area (Å²) in [6, 6.07) is 6.53. The summed E-state index contributed by atoms with van der Waals surface area (Å²) in [4.78, 5) is 0.